The standard InChI is InChI=1S/C30H55O6P/c1-8-11-14-17-20-32-28-23-27(37(31,35-25(4)5)36-26(6)7)24-29(33-21-18-15-12-9-2)30(28)34-22-19-16-13-10-3/h23-26H,8-22H2,1-7H3. The Kier molecular flexibility index (Phi) is 18.1. The van der Waals surface area contributed by atoms with E-state index in [9.17, 15) is 4.57 Å². The van der Waals surface area contributed by atoms with Crippen LogP contribution in [0.2, 0.25) is 0 Å². The molecule has 7 heteroatoms. The molecule has 0 atom stereocenters. The maximum absolute atomic E-state index is 14.0. The van der Waals surface area contributed by atoms with Gasteiger partial charge >= 0.3 is 7.60 Å². The molecule has 1 aromatic carbocycles. The lowest BCUT2D eigenvalue weighted by Gasteiger charge is -2.25. The highest BCUT2D eigenvalue weighted by Crippen LogP contribution is 2.52. The van der Waals surface area contributed by atoms with E-state index in [1.165, 1.54) is 38.5 Å². The van der Waals surface area contributed by atoms with Crippen molar-refractivity contribution < 1.29 is 27.8 Å². The first-order valence-electron chi connectivity index (χ1n) is 14.8. The van der Waals surface area contributed by atoms with Crippen molar-refractivity contribution in [2.24, 2.45) is 0 Å². The number of ether oxygens (including phenoxy) is 3. The average molecular weight is 543 g/mol. The fraction of sp³-hybridized carbons (Fsp3) is 0.800. The van der Waals surface area contributed by atoms with Crippen LogP contribution in [0.15, 0.2) is 12.1 Å². The average Bonchev–Trinajstić information content (AvgIpc) is 2.83. The third-order valence-electron chi connectivity index (χ3n) is 5.78. The first kappa shape index (κ1) is 33.8. The molecule has 0 fully saturated rings. The fourth-order valence-corrected chi connectivity index (χ4v) is 5.86. The topological polar surface area (TPSA) is 63.2 Å². The largest absolute Gasteiger partial charge is 0.490 e. The summed E-state index contributed by atoms with van der Waals surface area (Å²) in [6.45, 7) is 15.7. The van der Waals surface area contributed by atoms with E-state index in [0.717, 1.165) is 38.5 Å². The van der Waals surface area contributed by atoms with Gasteiger partial charge in [-0.2, -0.15) is 0 Å². The van der Waals surface area contributed by atoms with E-state index in [2.05, 4.69) is 20.8 Å². The molecular weight excluding hydrogens is 487 g/mol. The predicted octanol–water partition coefficient (Wildman–Crippen LogP) is 9.23. The summed E-state index contributed by atoms with van der Waals surface area (Å²) in [5, 5.41) is 0.445. The molecule has 0 spiro atoms. The van der Waals surface area contributed by atoms with Gasteiger partial charge < -0.3 is 23.3 Å². The summed E-state index contributed by atoms with van der Waals surface area (Å²) in [6, 6.07) is 3.55. The second kappa shape index (κ2) is 19.8. The van der Waals surface area contributed by atoms with Gasteiger partial charge in [-0.3, -0.25) is 4.57 Å². The second-order valence-electron chi connectivity index (χ2n) is 10.3. The Labute approximate surface area is 227 Å². The molecule has 0 aliphatic rings. The van der Waals surface area contributed by atoms with Crippen LogP contribution in [-0.2, 0) is 13.6 Å². The summed E-state index contributed by atoms with van der Waals surface area (Å²) in [5.74, 6) is 1.69. The summed E-state index contributed by atoms with van der Waals surface area (Å²) in [5.41, 5.74) is 0. The summed E-state index contributed by atoms with van der Waals surface area (Å²) in [4.78, 5) is 0. The molecule has 0 heterocycles. The summed E-state index contributed by atoms with van der Waals surface area (Å²) in [7, 11) is -3.61. The van der Waals surface area contributed by atoms with Crippen LogP contribution >= 0.6 is 7.60 Å². The highest BCUT2D eigenvalue weighted by atomic mass is 31.2. The van der Waals surface area contributed by atoms with E-state index in [4.69, 9.17) is 23.3 Å². The van der Waals surface area contributed by atoms with Crippen LogP contribution in [0.1, 0.15) is 126 Å². The summed E-state index contributed by atoms with van der Waals surface area (Å²) < 4.78 is 44.6. The Hall–Kier alpha value is -1.23. The minimum absolute atomic E-state index is 0.268. The molecule has 37 heavy (non-hydrogen) atoms. The molecule has 0 bridgehead atoms. The van der Waals surface area contributed by atoms with Crippen molar-refractivity contribution in [1.82, 2.24) is 0 Å². The van der Waals surface area contributed by atoms with Crippen molar-refractivity contribution in [1.29, 1.82) is 0 Å². The molecule has 216 valence electrons. The van der Waals surface area contributed by atoms with E-state index in [1.807, 2.05) is 27.7 Å². The van der Waals surface area contributed by atoms with Gasteiger partial charge in [0.1, 0.15) is 0 Å². The van der Waals surface area contributed by atoms with Gasteiger partial charge in [-0.25, -0.2) is 0 Å². The van der Waals surface area contributed by atoms with Gasteiger partial charge in [-0.15, -0.1) is 0 Å². The second-order valence-corrected chi connectivity index (χ2v) is 12.2. The quantitative estimate of drug-likeness (QED) is 0.101. The van der Waals surface area contributed by atoms with Crippen LogP contribution in [-0.4, -0.2) is 32.0 Å². The molecule has 0 N–H and O–H groups in total. The van der Waals surface area contributed by atoms with Gasteiger partial charge in [0.15, 0.2) is 11.5 Å². The van der Waals surface area contributed by atoms with Gasteiger partial charge in [0.2, 0.25) is 5.75 Å². The number of unbranched alkanes of at least 4 members (excludes halogenated alkanes) is 9. The highest BCUT2D eigenvalue weighted by molar-refractivity contribution is 7.62. The van der Waals surface area contributed by atoms with Crippen LogP contribution in [0.25, 0.3) is 0 Å². The molecular formula is C30H55O6P. The third kappa shape index (κ3) is 13.9. The maximum atomic E-state index is 14.0. The lowest BCUT2D eigenvalue weighted by atomic mass is 10.2. The molecule has 6 nitrogen and oxygen atoms in total. The van der Waals surface area contributed by atoms with Gasteiger partial charge in [0.25, 0.3) is 0 Å². The van der Waals surface area contributed by atoms with Crippen LogP contribution in [0, 0.1) is 0 Å². The normalized spacial score (nSPS) is 11.9. The number of benzene rings is 1. The maximum Gasteiger partial charge on any atom is 0.362 e. The van der Waals surface area contributed by atoms with Crippen molar-refractivity contribution in [2.45, 2.75) is 138 Å². The first-order valence-corrected chi connectivity index (χ1v) is 16.3. The molecule has 1 rings (SSSR count). The SMILES string of the molecule is CCCCCCOc1cc(P(=O)(OC(C)C)OC(C)C)cc(OCCCCCC)c1OCCCCCC. The Bertz CT molecular complexity index is 715. The molecule has 0 aliphatic heterocycles. The lowest BCUT2D eigenvalue weighted by Crippen LogP contribution is -2.18. The molecule has 0 unspecified atom stereocenters. The van der Waals surface area contributed by atoms with Crippen LogP contribution in [0.4, 0.5) is 0 Å². The third-order valence-corrected chi connectivity index (χ3v) is 8.07. The van der Waals surface area contributed by atoms with E-state index >= 15 is 0 Å². The zero-order chi connectivity index (χ0) is 27.5. The number of hydrogen-bond donors (Lipinski definition) is 0. The molecule has 0 radical (unpaired) electrons. The molecule has 0 aromatic heterocycles. The van der Waals surface area contributed by atoms with Crippen LogP contribution < -0.4 is 19.5 Å². The first-order chi connectivity index (χ1) is 17.8. The highest BCUT2D eigenvalue weighted by Gasteiger charge is 2.33. The smallest absolute Gasteiger partial charge is 0.362 e. The van der Waals surface area contributed by atoms with Crippen LogP contribution in [0.3, 0.4) is 0 Å². The van der Waals surface area contributed by atoms with Gasteiger partial charge in [-0.05, 0) is 59.1 Å². The Balaban J connectivity index is 3.37. The zero-order valence-corrected chi connectivity index (χ0v) is 25.7. The predicted molar refractivity (Wildman–Crippen MR) is 155 cm³/mol. The number of rotatable bonds is 23. The van der Waals surface area contributed by atoms with Crippen molar-refractivity contribution >= 4 is 12.9 Å². The molecule has 1 aromatic rings. The van der Waals surface area contributed by atoms with Crippen molar-refractivity contribution in [2.75, 3.05) is 19.8 Å². The fourth-order valence-electron chi connectivity index (χ4n) is 3.90. The van der Waals surface area contributed by atoms with E-state index in [1.54, 1.807) is 12.1 Å². The zero-order valence-electron chi connectivity index (χ0n) is 24.8. The Morgan fingerprint density at radius 1 is 0.595 bits per heavy atom. The van der Waals surface area contributed by atoms with Gasteiger partial charge in [0.05, 0.1) is 37.3 Å². The van der Waals surface area contributed by atoms with E-state index in [-0.39, 0.29) is 12.2 Å². The molecule has 0 aliphatic carbocycles. The lowest BCUT2D eigenvalue weighted by molar-refractivity contribution is 0.150. The van der Waals surface area contributed by atoms with Crippen molar-refractivity contribution in [3.8, 4) is 17.2 Å². The van der Waals surface area contributed by atoms with E-state index in [0.29, 0.717) is 42.4 Å². The Morgan fingerprint density at radius 3 is 1.32 bits per heavy atom. The minimum atomic E-state index is -3.61. The van der Waals surface area contributed by atoms with E-state index < -0.39 is 7.60 Å². The molecule has 0 amide bonds. The monoisotopic (exact) mass is 542 g/mol. The Morgan fingerprint density at radius 2 is 0.973 bits per heavy atom. The van der Waals surface area contributed by atoms with Gasteiger partial charge in [0, 0.05) is 0 Å². The van der Waals surface area contributed by atoms with Crippen LogP contribution in [0.5, 0.6) is 17.2 Å². The minimum Gasteiger partial charge on any atom is -0.490 e. The summed E-state index contributed by atoms with van der Waals surface area (Å²) >= 11 is 0. The van der Waals surface area contributed by atoms with Crippen molar-refractivity contribution in [3.05, 3.63) is 12.1 Å². The summed E-state index contributed by atoms with van der Waals surface area (Å²) in [6.07, 6.45) is 12.7. The molecule has 0 saturated carbocycles. The number of hydrogen-bond acceptors (Lipinski definition) is 6. The molecule has 0 saturated heterocycles. The van der Waals surface area contributed by atoms with Crippen molar-refractivity contribution in [3.63, 3.8) is 0 Å². The van der Waals surface area contributed by atoms with Gasteiger partial charge in [-0.1, -0.05) is 78.6 Å².